The molecule has 0 saturated carbocycles. The van der Waals surface area contributed by atoms with Crippen LogP contribution >= 0.6 is 15.9 Å². The van der Waals surface area contributed by atoms with Crippen LogP contribution in [0.5, 0.6) is 5.75 Å². The quantitative estimate of drug-likeness (QED) is 0.549. The van der Waals surface area contributed by atoms with E-state index < -0.39 is 30.4 Å². The SMILES string of the molecule is CCCCC(=O)[C@H]1O[C@@H]2OC(C)(C)O[C@@H]2[C@H]1OCc1ccc(Br)c(OCC)c1. The number of unbranched alkanes of at least 4 members (excludes halogenated alkanes) is 1. The summed E-state index contributed by atoms with van der Waals surface area (Å²) < 4.78 is 30.4. The number of fused-ring (bicyclic) bond motifs is 1. The highest BCUT2D eigenvalue weighted by Gasteiger charge is 2.57. The van der Waals surface area contributed by atoms with E-state index in [0.717, 1.165) is 28.6 Å². The molecule has 0 unspecified atom stereocenters. The topological polar surface area (TPSA) is 63.2 Å². The maximum absolute atomic E-state index is 12.7. The Bertz CT molecular complexity index is 691. The lowest BCUT2D eigenvalue weighted by Gasteiger charge is -2.25. The maximum Gasteiger partial charge on any atom is 0.190 e. The van der Waals surface area contributed by atoms with Crippen LogP contribution in [0.15, 0.2) is 22.7 Å². The van der Waals surface area contributed by atoms with Crippen LogP contribution < -0.4 is 4.74 Å². The smallest absolute Gasteiger partial charge is 0.190 e. The second-order valence-electron chi connectivity index (χ2n) is 7.57. The lowest BCUT2D eigenvalue weighted by Crippen LogP contribution is -2.40. The molecule has 1 aromatic rings. The molecule has 1 aromatic carbocycles. The predicted octanol–water partition coefficient (Wildman–Crippen LogP) is 4.37. The Balaban J connectivity index is 1.72. The Morgan fingerprint density at radius 3 is 2.75 bits per heavy atom. The monoisotopic (exact) mass is 456 g/mol. The molecule has 2 aliphatic rings. The van der Waals surface area contributed by atoms with Gasteiger partial charge in [0.15, 0.2) is 17.9 Å². The number of carbonyl (C=O) groups is 1. The van der Waals surface area contributed by atoms with E-state index in [-0.39, 0.29) is 5.78 Å². The summed E-state index contributed by atoms with van der Waals surface area (Å²) in [5, 5.41) is 0. The van der Waals surface area contributed by atoms with E-state index in [2.05, 4.69) is 22.9 Å². The minimum absolute atomic E-state index is 0.0390. The van der Waals surface area contributed by atoms with Crippen LogP contribution in [0.2, 0.25) is 0 Å². The molecule has 6 nitrogen and oxygen atoms in total. The van der Waals surface area contributed by atoms with Crippen LogP contribution in [-0.4, -0.2) is 42.8 Å². The Morgan fingerprint density at radius 2 is 2.04 bits per heavy atom. The van der Waals surface area contributed by atoms with E-state index in [1.807, 2.05) is 39.0 Å². The van der Waals surface area contributed by atoms with Crippen molar-refractivity contribution in [2.24, 2.45) is 0 Å². The van der Waals surface area contributed by atoms with E-state index in [0.29, 0.717) is 19.6 Å². The molecule has 3 rings (SSSR count). The molecule has 0 spiro atoms. The molecule has 0 bridgehead atoms. The second kappa shape index (κ2) is 9.22. The molecule has 2 heterocycles. The molecule has 0 aliphatic carbocycles. The lowest BCUT2D eigenvalue weighted by atomic mass is 10.0. The number of hydrogen-bond acceptors (Lipinski definition) is 6. The van der Waals surface area contributed by atoms with Crippen LogP contribution in [0.25, 0.3) is 0 Å². The van der Waals surface area contributed by atoms with Gasteiger partial charge in [0.25, 0.3) is 0 Å². The normalized spacial score (nSPS) is 28.3. The fourth-order valence-electron chi connectivity index (χ4n) is 3.51. The number of halogens is 1. The predicted molar refractivity (Wildman–Crippen MR) is 107 cm³/mol. The molecule has 4 atom stereocenters. The summed E-state index contributed by atoms with van der Waals surface area (Å²) in [5.41, 5.74) is 0.952. The molecular weight excluding hydrogens is 428 g/mol. The second-order valence-corrected chi connectivity index (χ2v) is 8.42. The number of hydrogen-bond donors (Lipinski definition) is 0. The molecule has 156 valence electrons. The molecule has 2 saturated heterocycles. The summed E-state index contributed by atoms with van der Waals surface area (Å²) in [6.45, 7) is 8.58. The van der Waals surface area contributed by atoms with Gasteiger partial charge in [-0.25, -0.2) is 0 Å². The third kappa shape index (κ3) is 4.94. The molecule has 0 aromatic heterocycles. The summed E-state index contributed by atoms with van der Waals surface area (Å²) >= 11 is 3.48. The van der Waals surface area contributed by atoms with Gasteiger partial charge >= 0.3 is 0 Å². The van der Waals surface area contributed by atoms with E-state index in [4.69, 9.17) is 23.7 Å². The number of ketones is 1. The highest BCUT2D eigenvalue weighted by Crippen LogP contribution is 2.40. The summed E-state index contributed by atoms with van der Waals surface area (Å²) in [5.74, 6) is 0.0482. The van der Waals surface area contributed by atoms with Gasteiger partial charge in [-0.05, 0) is 60.8 Å². The average molecular weight is 457 g/mol. The van der Waals surface area contributed by atoms with Crippen molar-refractivity contribution >= 4 is 21.7 Å². The van der Waals surface area contributed by atoms with Crippen molar-refractivity contribution in [2.75, 3.05) is 6.61 Å². The minimum Gasteiger partial charge on any atom is -0.493 e. The summed E-state index contributed by atoms with van der Waals surface area (Å²) in [4.78, 5) is 12.7. The van der Waals surface area contributed by atoms with Crippen molar-refractivity contribution in [3.05, 3.63) is 28.2 Å². The number of carbonyl (C=O) groups excluding carboxylic acids is 1. The van der Waals surface area contributed by atoms with Gasteiger partial charge < -0.3 is 23.7 Å². The zero-order valence-corrected chi connectivity index (χ0v) is 18.5. The number of Topliss-reactive ketones (excluding diaryl/α,β-unsaturated/α-hetero) is 1. The molecular formula is C21H29BrO6. The third-order valence-electron chi connectivity index (χ3n) is 4.82. The van der Waals surface area contributed by atoms with E-state index in [9.17, 15) is 4.79 Å². The largest absolute Gasteiger partial charge is 0.493 e. The van der Waals surface area contributed by atoms with Crippen molar-refractivity contribution in [2.45, 2.75) is 84.0 Å². The number of rotatable bonds is 9. The molecule has 2 fully saturated rings. The maximum atomic E-state index is 12.7. The van der Waals surface area contributed by atoms with Gasteiger partial charge in [0.05, 0.1) is 17.7 Å². The fraction of sp³-hybridized carbons (Fsp3) is 0.667. The van der Waals surface area contributed by atoms with Crippen LogP contribution in [0.1, 0.15) is 52.5 Å². The number of ether oxygens (including phenoxy) is 5. The molecule has 0 N–H and O–H groups in total. The van der Waals surface area contributed by atoms with Crippen molar-refractivity contribution in [3.63, 3.8) is 0 Å². The van der Waals surface area contributed by atoms with E-state index in [1.54, 1.807) is 0 Å². The highest BCUT2D eigenvalue weighted by molar-refractivity contribution is 9.10. The van der Waals surface area contributed by atoms with Gasteiger partial charge in [-0.1, -0.05) is 19.4 Å². The summed E-state index contributed by atoms with van der Waals surface area (Å²) in [7, 11) is 0. The fourth-order valence-corrected chi connectivity index (χ4v) is 3.87. The third-order valence-corrected chi connectivity index (χ3v) is 5.48. The van der Waals surface area contributed by atoms with Gasteiger partial charge in [0.2, 0.25) is 0 Å². The first-order valence-electron chi connectivity index (χ1n) is 9.91. The van der Waals surface area contributed by atoms with Gasteiger partial charge in [-0.3, -0.25) is 4.79 Å². The average Bonchev–Trinajstić information content (AvgIpc) is 3.12. The van der Waals surface area contributed by atoms with E-state index >= 15 is 0 Å². The lowest BCUT2D eigenvalue weighted by molar-refractivity contribution is -0.218. The van der Waals surface area contributed by atoms with Crippen LogP contribution in [0, 0.1) is 0 Å². The Morgan fingerprint density at radius 1 is 1.25 bits per heavy atom. The van der Waals surface area contributed by atoms with Crippen molar-refractivity contribution in [1.29, 1.82) is 0 Å². The minimum atomic E-state index is -0.756. The molecule has 0 amide bonds. The van der Waals surface area contributed by atoms with Crippen molar-refractivity contribution < 1.29 is 28.5 Å². The van der Waals surface area contributed by atoms with Crippen LogP contribution in [0.4, 0.5) is 0 Å². The first-order chi connectivity index (χ1) is 13.3. The molecule has 7 heteroatoms. The van der Waals surface area contributed by atoms with Gasteiger partial charge in [0, 0.05) is 6.42 Å². The Hall–Kier alpha value is -0.990. The standard InChI is InChI=1S/C21H29BrO6/c1-5-7-8-15(23)17-18(19-20(26-17)28-21(3,4)27-19)25-12-13-9-10-14(22)16(11-13)24-6-2/h9-11,17-20H,5-8,12H2,1-4H3/t17-,18+,19-,20-/m1/s1. The van der Waals surface area contributed by atoms with Crippen molar-refractivity contribution in [1.82, 2.24) is 0 Å². The Kier molecular flexibility index (Phi) is 7.15. The molecule has 0 radical (unpaired) electrons. The van der Waals surface area contributed by atoms with Gasteiger partial charge in [-0.15, -0.1) is 0 Å². The zero-order valence-electron chi connectivity index (χ0n) is 16.9. The molecule has 2 aliphatic heterocycles. The first kappa shape index (κ1) is 21.7. The Labute approximate surface area is 174 Å². The number of benzene rings is 1. The first-order valence-corrected chi connectivity index (χ1v) is 10.7. The van der Waals surface area contributed by atoms with Gasteiger partial charge in [0.1, 0.15) is 24.1 Å². The van der Waals surface area contributed by atoms with Crippen molar-refractivity contribution in [3.8, 4) is 5.75 Å². The van der Waals surface area contributed by atoms with Crippen LogP contribution in [0.3, 0.4) is 0 Å². The zero-order chi connectivity index (χ0) is 20.3. The highest BCUT2D eigenvalue weighted by atomic mass is 79.9. The van der Waals surface area contributed by atoms with Crippen LogP contribution in [-0.2, 0) is 30.3 Å². The van der Waals surface area contributed by atoms with Gasteiger partial charge in [-0.2, -0.15) is 0 Å². The summed E-state index contributed by atoms with van der Waals surface area (Å²) in [6.07, 6.45) is 0.0759. The van der Waals surface area contributed by atoms with E-state index in [1.165, 1.54) is 0 Å². The summed E-state index contributed by atoms with van der Waals surface area (Å²) in [6, 6.07) is 5.83. The molecule has 28 heavy (non-hydrogen) atoms.